The Kier molecular flexibility index (Phi) is 23.3. The van der Waals surface area contributed by atoms with Crippen LogP contribution in [0.4, 0.5) is 5.69 Å². The number of esters is 1. The number of aromatic hydroxyl groups is 1. The number of phenols is 1. The Bertz CT molecular complexity index is 1980. The second-order valence-corrected chi connectivity index (χ2v) is 18.1. The number of carbonyl (C=O) groups is 6. The fourth-order valence-electron chi connectivity index (χ4n) is 7.68. The Morgan fingerprint density at radius 1 is 1.05 bits per heavy atom. The molecule has 5 N–H and O–H groups in total. The summed E-state index contributed by atoms with van der Waals surface area (Å²) in [6.45, 7) is 12.4. The lowest BCUT2D eigenvalue weighted by Crippen LogP contribution is -2.58. The molecule has 66 heavy (non-hydrogen) atoms. The Morgan fingerprint density at radius 2 is 1.76 bits per heavy atom. The van der Waals surface area contributed by atoms with E-state index < -0.39 is 53.9 Å². The number of azide groups is 1. The van der Waals surface area contributed by atoms with Crippen LogP contribution < -0.4 is 16.0 Å². The molecule has 1 aliphatic rings. The lowest BCUT2D eigenvalue weighted by molar-refractivity contribution is -0.149. The van der Waals surface area contributed by atoms with Crippen molar-refractivity contribution in [3.8, 4) is 5.75 Å². The smallest absolute Gasteiger partial charge is 0.306 e. The molecule has 6 unspecified atom stereocenters. The van der Waals surface area contributed by atoms with Crippen LogP contribution in [0.1, 0.15) is 114 Å². The van der Waals surface area contributed by atoms with Gasteiger partial charge in [0.2, 0.25) is 17.7 Å². The second kappa shape index (κ2) is 28.0. The molecule has 21 heteroatoms. The molecule has 2 aromatic rings. The number of nitrogens with zero attached hydrogens (tertiary/aromatic N) is 6. The zero-order valence-electron chi connectivity index (χ0n) is 39.5. The van der Waals surface area contributed by atoms with Gasteiger partial charge in [-0.1, -0.05) is 58.6 Å². The first-order valence-corrected chi connectivity index (χ1v) is 23.5. The zero-order valence-corrected chi connectivity index (χ0v) is 40.3. The van der Waals surface area contributed by atoms with Crippen LogP contribution in [0.15, 0.2) is 28.7 Å². The monoisotopic (exact) mass is 943 g/mol. The highest BCUT2D eigenvalue weighted by atomic mass is 32.1. The standard InChI is InChI=1S/C45H69N9O11S/c1-9-28(4)40(51-42(59)35-12-10-11-17-53(35)7)44(60)54(8)36(27(2)3)25-38(65-30(6)55)43-50-34(26-66-43)41(58)48-32(22-29(5)45(61)62)23-31-13-14-37(56)33(24-31)49-39(57)15-18-63-20-21-64-19-16-47-52-46/h13-14,24,26-29,32,35-36,38,40,56H,9-12,15-23,25H2,1-8H3,(H,48,58)(H,49,57)(H,51,59)(H,61,62)/t28?,29?,32?,35-,36?,38?,40?/m1/s1. The van der Waals surface area contributed by atoms with E-state index in [2.05, 4.69) is 31.0 Å². The molecule has 0 aliphatic carbocycles. The number of carboxylic acids is 1. The van der Waals surface area contributed by atoms with Crippen molar-refractivity contribution < 1.29 is 53.2 Å². The lowest BCUT2D eigenvalue weighted by atomic mass is 9.92. The predicted molar refractivity (Wildman–Crippen MR) is 248 cm³/mol. The average molecular weight is 944 g/mol. The summed E-state index contributed by atoms with van der Waals surface area (Å²) in [6, 6.07) is 2.26. The van der Waals surface area contributed by atoms with Crippen molar-refractivity contribution in [3.63, 3.8) is 0 Å². The van der Waals surface area contributed by atoms with Crippen LogP contribution in [0.25, 0.3) is 10.4 Å². The van der Waals surface area contributed by atoms with E-state index in [-0.39, 0.29) is 105 Å². The summed E-state index contributed by atoms with van der Waals surface area (Å²) in [5.74, 6) is -4.43. The maximum absolute atomic E-state index is 14.3. The van der Waals surface area contributed by atoms with Gasteiger partial charge in [0.25, 0.3) is 5.91 Å². The van der Waals surface area contributed by atoms with E-state index in [0.717, 1.165) is 37.1 Å². The fraction of sp³-hybridized carbons (Fsp3) is 0.667. The SMILES string of the molecule is CCC(C)C(NC(=O)[C@H]1CCCCN1C)C(=O)N(C)C(CC(OC(C)=O)c1nc(C(=O)NC(Cc2ccc(O)c(NC(=O)CCOCCOCCN=[N+]=[N-])c2)CC(C)C(=O)O)cs1)C(C)C. The number of hydrogen-bond donors (Lipinski definition) is 5. The number of phenolic OH excluding ortho intramolecular Hbond substituents is 1. The van der Waals surface area contributed by atoms with Crippen LogP contribution in [0.3, 0.4) is 0 Å². The highest BCUT2D eigenvalue weighted by molar-refractivity contribution is 7.09. The number of thiazole rings is 1. The molecule has 0 bridgehead atoms. The van der Waals surface area contributed by atoms with Crippen molar-refractivity contribution in [2.75, 3.05) is 58.9 Å². The van der Waals surface area contributed by atoms with Crippen molar-refractivity contribution in [2.24, 2.45) is 22.9 Å². The lowest BCUT2D eigenvalue weighted by Gasteiger charge is -2.38. The van der Waals surface area contributed by atoms with Gasteiger partial charge in [0.15, 0.2) is 6.10 Å². The van der Waals surface area contributed by atoms with E-state index in [1.807, 2.05) is 39.6 Å². The number of hydrogen-bond acceptors (Lipinski definition) is 14. The number of piperidine rings is 1. The molecule has 3 rings (SSSR count). The molecule has 0 saturated carbocycles. The van der Waals surface area contributed by atoms with E-state index in [1.165, 1.54) is 25.3 Å². The van der Waals surface area contributed by atoms with Crippen LogP contribution in [-0.4, -0.2) is 138 Å². The molecule has 1 saturated heterocycles. The van der Waals surface area contributed by atoms with Crippen LogP contribution >= 0.6 is 11.3 Å². The Balaban J connectivity index is 1.75. The number of carbonyl (C=O) groups excluding carboxylic acids is 5. The first kappa shape index (κ1) is 55.0. The summed E-state index contributed by atoms with van der Waals surface area (Å²) in [7, 11) is 3.61. The average Bonchev–Trinajstić information content (AvgIpc) is 3.77. The van der Waals surface area contributed by atoms with E-state index in [9.17, 15) is 39.0 Å². The summed E-state index contributed by atoms with van der Waals surface area (Å²) < 4.78 is 16.5. The topological polar surface area (TPSA) is 275 Å². The first-order valence-electron chi connectivity index (χ1n) is 22.6. The van der Waals surface area contributed by atoms with Gasteiger partial charge in [-0.2, -0.15) is 0 Å². The molecule has 1 fully saturated rings. The van der Waals surface area contributed by atoms with Gasteiger partial charge in [-0.05, 0) is 74.3 Å². The molecule has 0 spiro atoms. The van der Waals surface area contributed by atoms with Crippen molar-refractivity contribution in [2.45, 2.75) is 123 Å². The number of aliphatic carboxylic acids is 1. The van der Waals surface area contributed by atoms with Gasteiger partial charge in [0, 0.05) is 49.3 Å². The Labute approximate surface area is 391 Å². The van der Waals surface area contributed by atoms with Crippen LogP contribution in [-0.2, 0) is 44.6 Å². The minimum Gasteiger partial charge on any atom is -0.506 e. The third-order valence-corrected chi connectivity index (χ3v) is 12.7. The number of likely N-dealkylation sites (N-methyl/N-ethyl adjacent to an activating group) is 2. The zero-order chi connectivity index (χ0) is 48.9. The highest BCUT2D eigenvalue weighted by Gasteiger charge is 2.37. The summed E-state index contributed by atoms with van der Waals surface area (Å²) in [5, 5.41) is 34.1. The van der Waals surface area contributed by atoms with Crippen LogP contribution in [0.2, 0.25) is 0 Å². The molecule has 1 aromatic heterocycles. The number of aromatic nitrogens is 1. The van der Waals surface area contributed by atoms with Gasteiger partial charge in [-0.25, -0.2) is 4.98 Å². The summed E-state index contributed by atoms with van der Waals surface area (Å²) >= 11 is 1.11. The number of carboxylic acid groups (broad SMARTS) is 1. The van der Waals surface area contributed by atoms with Gasteiger partial charge < -0.3 is 45.3 Å². The third kappa shape index (κ3) is 17.8. The Morgan fingerprint density at radius 3 is 2.39 bits per heavy atom. The third-order valence-electron chi connectivity index (χ3n) is 11.7. The molecule has 366 valence electrons. The summed E-state index contributed by atoms with van der Waals surface area (Å²) in [6.07, 6.45) is 2.70. The number of benzene rings is 1. The van der Waals surface area contributed by atoms with Gasteiger partial charge in [-0.15, -0.1) is 11.3 Å². The summed E-state index contributed by atoms with van der Waals surface area (Å²) in [4.78, 5) is 89.6. The van der Waals surface area contributed by atoms with Gasteiger partial charge in [0.1, 0.15) is 22.5 Å². The van der Waals surface area contributed by atoms with E-state index in [4.69, 9.17) is 19.7 Å². The van der Waals surface area contributed by atoms with E-state index >= 15 is 0 Å². The minimum absolute atomic E-state index is 0.0125. The molecule has 0 radical (unpaired) electrons. The Hall–Kier alpha value is -5.34. The molecular weight excluding hydrogens is 875 g/mol. The normalized spacial score (nSPS) is 16.7. The molecule has 1 aliphatic heterocycles. The minimum atomic E-state index is -1.06. The van der Waals surface area contributed by atoms with Gasteiger partial charge in [0.05, 0.1) is 50.5 Å². The highest BCUT2D eigenvalue weighted by Crippen LogP contribution is 2.32. The number of nitrogens with one attached hydrogen (secondary N) is 3. The largest absolute Gasteiger partial charge is 0.506 e. The van der Waals surface area contributed by atoms with Crippen LogP contribution in [0.5, 0.6) is 5.75 Å². The number of rotatable bonds is 28. The van der Waals surface area contributed by atoms with Crippen molar-refractivity contribution >= 4 is 52.6 Å². The number of amides is 4. The maximum Gasteiger partial charge on any atom is 0.306 e. The molecule has 7 atom stereocenters. The molecule has 4 amide bonds. The number of likely N-dealkylation sites (tertiary alicyclic amines) is 1. The van der Waals surface area contributed by atoms with Crippen molar-refractivity contribution in [1.29, 1.82) is 0 Å². The second-order valence-electron chi connectivity index (χ2n) is 17.2. The molecule has 2 heterocycles. The summed E-state index contributed by atoms with van der Waals surface area (Å²) in [5.41, 5.74) is 9.02. The number of ether oxygens (including phenoxy) is 3. The first-order chi connectivity index (χ1) is 31.4. The fourth-order valence-corrected chi connectivity index (χ4v) is 8.52. The van der Waals surface area contributed by atoms with E-state index in [1.54, 1.807) is 24.1 Å². The van der Waals surface area contributed by atoms with Crippen molar-refractivity contribution in [1.82, 2.24) is 25.4 Å². The molecule has 1 aromatic carbocycles. The molecule has 20 nitrogen and oxygen atoms in total. The quantitative estimate of drug-likeness (QED) is 0.0177. The van der Waals surface area contributed by atoms with Gasteiger partial charge >= 0.3 is 11.9 Å². The predicted octanol–water partition coefficient (Wildman–Crippen LogP) is 5.47. The van der Waals surface area contributed by atoms with Crippen LogP contribution in [0, 0.1) is 17.8 Å². The van der Waals surface area contributed by atoms with Crippen molar-refractivity contribution in [3.05, 3.63) is 50.3 Å². The van der Waals surface area contributed by atoms with E-state index in [0.29, 0.717) is 17.0 Å². The van der Waals surface area contributed by atoms with Gasteiger partial charge in [-0.3, -0.25) is 33.7 Å². The maximum atomic E-state index is 14.3. The molecular formula is C45H69N9O11S. The number of anilines is 1.